The Hall–Kier alpha value is 2.94. The average molecular weight is 452 g/mol. The summed E-state index contributed by atoms with van der Waals surface area (Å²) in [6.07, 6.45) is -1.72. The van der Waals surface area contributed by atoms with Crippen LogP contribution >= 0.6 is 15.2 Å². The van der Waals surface area contributed by atoms with Gasteiger partial charge in [-0.2, -0.15) is 0 Å². The third kappa shape index (κ3) is 45.7. The molecule has 0 amide bonds. The van der Waals surface area contributed by atoms with Crippen molar-refractivity contribution in [3.05, 3.63) is 0 Å². The van der Waals surface area contributed by atoms with E-state index in [-0.39, 0.29) is 113 Å². The smallest absolute Gasteiger partial charge is 0.810 e. The molecule has 0 saturated heterocycles. The van der Waals surface area contributed by atoms with E-state index in [0.717, 1.165) is 0 Å². The van der Waals surface area contributed by atoms with Crippen molar-refractivity contribution in [2.75, 3.05) is 25.7 Å². The van der Waals surface area contributed by atoms with E-state index in [9.17, 15) is 48.5 Å². The van der Waals surface area contributed by atoms with Gasteiger partial charge in [-0.05, 0) is 0 Å². The molecule has 0 aliphatic rings. The van der Waals surface area contributed by atoms with Crippen LogP contribution in [0.15, 0.2) is 0 Å². The second-order valence-electron chi connectivity index (χ2n) is 3.14. The van der Waals surface area contributed by atoms with Crippen LogP contribution in [0.2, 0.25) is 0 Å². The van der Waals surface area contributed by atoms with Crippen LogP contribution in [0.4, 0.5) is 0 Å². The number of carboxylic acid groups (broad SMARTS) is 2. The normalized spacial score (nSPS) is 9.91. The van der Waals surface area contributed by atoms with Gasteiger partial charge >= 0.3 is 113 Å². The molecule has 0 bridgehead atoms. The molecule has 120 valence electrons. The molecular formula is C6H10Ca3N2O10P2. The Bertz CT molecular complexity index is 375. The minimum absolute atomic E-state index is 0. The van der Waals surface area contributed by atoms with Crippen LogP contribution in [0, 0.1) is 0 Å². The van der Waals surface area contributed by atoms with Crippen molar-refractivity contribution in [3.63, 3.8) is 0 Å². The molecule has 0 aromatic rings. The van der Waals surface area contributed by atoms with Gasteiger partial charge in [0.25, 0.3) is 0 Å². The maximum absolute atomic E-state index is 9.81. The van der Waals surface area contributed by atoms with Crippen LogP contribution in [0.3, 0.4) is 0 Å². The predicted molar refractivity (Wildman–Crippen MR) is 68.2 cm³/mol. The Labute approximate surface area is 221 Å². The molecule has 17 heteroatoms. The molecule has 2 N–H and O–H groups in total. The minimum Gasteiger partial charge on any atom is -0.810 e. The van der Waals surface area contributed by atoms with E-state index in [1.165, 1.54) is 0 Å². The third-order valence-electron chi connectivity index (χ3n) is 1.15. The maximum atomic E-state index is 9.81. The molecule has 12 nitrogen and oxygen atoms in total. The summed E-state index contributed by atoms with van der Waals surface area (Å²) in [5.74, 6) is -2.90. The molecule has 23 heavy (non-hydrogen) atoms. The molecule has 0 atom stereocenters. The number of carboxylic acids is 2. The SMILES string of the molecule is O=C([O-])CNCP(=O)([O-])[O-].O=C([O-])CNCP(=O)([O-])[O-].[Ca+2].[Ca+2].[Ca+2]. The quantitative estimate of drug-likeness (QED) is 0.258. The summed E-state index contributed by atoms with van der Waals surface area (Å²) < 4.78 is 19.6. The summed E-state index contributed by atoms with van der Waals surface area (Å²) in [6.45, 7) is -1.26. The fraction of sp³-hybridized carbons (Fsp3) is 0.667. The third-order valence-corrected chi connectivity index (χ3v) is 2.37. The largest absolute Gasteiger partial charge is 2.00 e. The van der Waals surface area contributed by atoms with Gasteiger partial charge in [-0.25, -0.2) is 0 Å². The van der Waals surface area contributed by atoms with Gasteiger partial charge in [-0.1, -0.05) is 15.2 Å². The van der Waals surface area contributed by atoms with Crippen molar-refractivity contribution in [1.29, 1.82) is 0 Å². The van der Waals surface area contributed by atoms with Gasteiger partial charge in [0, 0.05) is 25.7 Å². The first kappa shape index (κ1) is 36.8. The Kier molecular flexibility index (Phi) is 31.5. The molecule has 0 aliphatic heterocycles. The molecule has 0 rings (SSSR count). The van der Waals surface area contributed by atoms with Crippen molar-refractivity contribution in [1.82, 2.24) is 10.6 Å². The molecule has 0 aromatic carbocycles. The van der Waals surface area contributed by atoms with Crippen LogP contribution in [0.25, 0.3) is 0 Å². The summed E-state index contributed by atoms with van der Waals surface area (Å²) in [7, 11) is -9.25. The first-order valence-electron chi connectivity index (χ1n) is 4.67. The van der Waals surface area contributed by atoms with Gasteiger partial charge in [0.15, 0.2) is 0 Å². The standard InChI is InChI=1S/2C3H8NO5P.3Ca/c2*5-3(6)1-4-2-10(7,8)9;;;/h2*4H,1-2H2,(H,5,6)(H2,7,8,9);;;/q;;3*+2/p-6. The van der Waals surface area contributed by atoms with E-state index in [2.05, 4.69) is 0 Å². The maximum Gasteiger partial charge on any atom is 2.00 e. The molecule has 0 fully saturated rings. The topological polar surface area (TPSA) is 231 Å². The fourth-order valence-electron chi connectivity index (χ4n) is 0.590. The summed E-state index contributed by atoms with van der Waals surface area (Å²) in [5.41, 5.74) is 0. The summed E-state index contributed by atoms with van der Waals surface area (Å²) in [6, 6.07) is 0. The van der Waals surface area contributed by atoms with Crippen LogP contribution in [0.1, 0.15) is 0 Å². The molecule has 0 aliphatic carbocycles. The van der Waals surface area contributed by atoms with E-state index < -0.39 is 52.8 Å². The summed E-state index contributed by atoms with van der Waals surface area (Å²) in [5, 5.41) is 23.0. The van der Waals surface area contributed by atoms with Crippen molar-refractivity contribution in [2.45, 2.75) is 0 Å². The van der Waals surface area contributed by atoms with Crippen molar-refractivity contribution < 1.29 is 48.5 Å². The van der Waals surface area contributed by atoms with Gasteiger partial charge in [-0.3, -0.25) is 0 Å². The number of hydrogen-bond acceptors (Lipinski definition) is 12. The molecule has 0 aromatic heterocycles. The molecule has 0 unspecified atom stereocenters. The van der Waals surface area contributed by atoms with E-state index >= 15 is 0 Å². The molecule has 0 radical (unpaired) electrons. The summed E-state index contributed by atoms with van der Waals surface area (Å²) in [4.78, 5) is 58.5. The Balaban J connectivity index is -0.0000000831. The zero-order valence-electron chi connectivity index (χ0n) is 11.9. The van der Waals surface area contributed by atoms with Crippen molar-refractivity contribution >= 4 is 140 Å². The number of nitrogens with one attached hydrogen (secondary N) is 2. The van der Waals surface area contributed by atoms with Gasteiger partial charge in [0.1, 0.15) is 0 Å². The van der Waals surface area contributed by atoms with Crippen LogP contribution in [-0.4, -0.2) is 151 Å². The molecular weight excluding hydrogens is 442 g/mol. The van der Waals surface area contributed by atoms with E-state index in [4.69, 9.17) is 0 Å². The zero-order valence-corrected chi connectivity index (χ0v) is 20.3. The van der Waals surface area contributed by atoms with Crippen LogP contribution < -0.4 is 40.4 Å². The first-order chi connectivity index (χ1) is 8.83. The van der Waals surface area contributed by atoms with Gasteiger partial charge in [0.2, 0.25) is 0 Å². The van der Waals surface area contributed by atoms with Crippen molar-refractivity contribution in [3.8, 4) is 0 Å². The van der Waals surface area contributed by atoms with E-state index in [1.54, 1.807) is 0 Å². The zero-order chi connectivity index (χ0) is 16.4. The fourth-order valence-corrected chi connectivity index (χ4v) is 1.36. The van der Waals surface area contributed by atoms with Crippen LogP contribution in [0.5, 0.6) is 0 Å². The minimum atomic E-state index is -4.62. The van der Waals surface area contributed by atoms with Crippen LogP contribution in [-0.2, 0) is 18.7 Å². The van der Waals surface area contributed by atoms with Gasteiger partial charge in [0.05, 0.1) is 11.9 Å². The monoisotopic (exact) mass is 452 g/mol. The average Bonchev–Trinajstić information content (AvgIpc) is 2.12. The number of aliphatic carboxylic acids is 2. The summed E-state index contributed by atoms with van der Waals surface area (Å²) >= 11 is 0. The van der Waals surface area contributed by atoms with Crippen molar-refractivity contribution in [2.24, 2.45) is 0 Å². The van der Waals surface area contributed by atoms with Gasteiger partial charge < -0.3 is 59.1 Å². The molecule has 0 spiro atoms. The number of carbonyl (C=O) groups excluding carboxylic acids is 2. The first-order valence-corrected chi connectivity index (χ1v) is 8.12. The number of carbonyl (C=O) groups is 2. The van der Waals surface area contributed by atoms with Gasteiger partial charge in [-0.15, -0.1) is 0 Å². The molecule has 0 heterocycles. The van der Waals surface area contributed by atoms with E-state index in [1.807, 2.05) is 10.6 Å². The van der Waals surface area contributed by atoms with E-state index in [0.29, 0.717) is 0 Å². The number of hydrogen-bond donors (Lipinski definition) is 2. The Morgan fingerprint density at radius 3 is 1.04 bits per heavy atom. The Morgan fingerprint density at radius 1 is 0.696 bits per heavy atom. The molecule has 0 saturated carbocycles. The second kappa shape index (κ2) is 19.7. The predicted octanol–water partition coefficient (Wildman–Crippen LogP) is -8.75. The second-order valence-corrected chi connectivity index (χ2v) is 6.21. The Morgan fingerprint density at radius 2 is 0.913 bits per heavy atom. The number of rotatable bonds is 8.